The molecule has 1 N–H and O–H groups in total. The van der Waals surface area contributed by atoms with Gasteiger partial charge in [-0.05, 0) is 43.7 Å². The van der Waals surface area contributed by atoms with E-state index >= 15 is 0 Å². The number of pyridine rings is 1. The molecule has 0 fully saturated rings. The van der Waals surface area contributed by atoms with Crippen LogP contribution in [-0.4, -0.2) is 10.9 Å². The van der Waals surface area contributed by atoms with Crippen molar-refractivity contribution in [3.05, 3.63) is 48.2 Å². The summed E-state index contributed by atoms with van der Waals surface area (Å²) in [5.41, 5.74) is 1.88. The predicted octanol–water partition coefficient (Wildman–Crippen LogP) is 3.48. The van der Waals surface area contributed by atoms with Gasteiger partial charge in [-0.3, -0.25) is 10.4 Å². The fraction of sp³-hybridized carbons (Fsp3) is 0.143. The van der Waals surface area contributed by atoms with Crippen LogP contribution in [0.15, 0.2) is 42.6 Å². The van der Waals surface area contributed by atoms with Crippen molar-refractivity contribution >= 4 is 16.8 Å². The van der Waals surface area contributed by atoms with Crippen LogP contribution in [0.3, 0.4) is 0 Å². The van der Waals surface area contributed by atoms with Gasteiger partial charge in [0.2, 0.25) is 5.90 Å². The van der Waals surface area contributed by atoms with Crippen molar-refractivity contribution < 1.29 is 4.74 Å². The van der Waals surface area contributed by atoms with Crippen LogP contribution in [0, 0.1) is 12.3 Å². The van der Waals surface area contributed by atoms with Gasteiger partial charge in [0, 0.05) is 11.6 Å². The Bertz CT molecular complexity index is 588. The van der Waals surface area contributed by atoms with Gasteiger partial charge in [-0.1, -0.05) is 12.1 Å². The van der Waals surface area contributed by atoms with E-state index in [1.54, 1.807) is 18.3 Å². The van der Waals surface area contributed by atoms with Gasteiger partial charge in [-0.2, -0.15) is 0 Å². The van der Waals surface area contributed by atoms with E-state index in [0.717, 1.165) is 16.5 Å². The maximum absolute atomic E-state index is 7.64. The topological polar surface area (TPSA) is 46.0 Å². The average molecular weight is 226 g/mol. The second-order valence-corrected chi connectivity index (χ2v) is 3.80. The molecule has 2 aromatic rings. The van der Waals surface area contributed by atoms with Gasteiger partial charge in [0.05, 0.1) is 0 Å². The normalized spacial score (nSPS) is 10.9. The fourth-order valence-corrected chi connectivity index (χ4v) is 1.68. The molecule has 0 spiro atoms. The Morgan fingerprint density at radius 2 is 2.24 bits per heavy atom. The summed E-state index contributed by atoms with van der Waals surface area (Å²) in [5, 5.41) is 8.66. The van der Waals surface area contributed by atoms with E-state index < -0.39 is 0 Å². The molecular weight excluding hydrogens is 212 g/mol. The Hall–Kier alpha value is -2.16. The Kier molecular flexibility index (Phi) is 3.19. The van der Waals surface area contributed by atoms with Gasteiger partial charge in [0.15, 0.2) is 5.75 Å². The summed E-state index contributed by atoms with van der Waals surface area (Å²) in [7, 11) is 0. The van der Waals surface area contributed by atoms with E-state index in [4.69, 9.17) is 10.1 Å². The molecule has 3 heteroatoms. The van der Waals surface area contributed by atoms with Gasteiger partial charge >= 0.3 is 0 Å². The van der Waals surface area contributed by atoms with Crippen LogP contribution in [0.5, 0.6) is 5.75 Å². The molecule has 1 heterocycles. The smallest absolute Gasteiger partial charge is 0.211 e. The molecule has 0 aliphatic heterocycles. The molecule has 1 aromatic carbocycles. The molecule has 1 aromatic heterocycles. The molecular formula is C14H14N2O. The van der Waals surface area contributed by atoms with Crippen molar-refractivity contribution in [1.29, 1.82) is 5.41 Å². The van der Waals surface area contributed by atoms with E-state index in [-0.39, 0.29) is 5.90 Å². The first-order valence-corrected chi connectivity index (χ1v) is 5.45. The van der Waals surface area contributed by atoms with Crippen LogP contribution in [0.1, 0.15) is 12.5 Å². The van der Waals surface area contributed by atoms with Crippen LogP contribution >= 0.6 is 0 Å². The molecule has 0 aliphatic carbocycles. The summed E-state index contributed by atoms with van der Waals surface area (Å²) >= 11 is 0. The molecule has 17 heavy (non-hydrogen) atoms. The predicted molar refractivity (Wildman–Crippen MR) is 69.6 cm³/mol. The Morgan fingerprint density at radius 3 is 3.00 bits per heavy atom. The first-order chi connectivity index (χ1) is 8.20. The maximum atomic E-state index is 7.64. The number of benzene rings is 1. The van der Waals surface area contributed by atoms with Crippen LogP contribution in [0.2, 0.25) is 0 Å². The van der Waals surface area contributed by atoms with E-state index in [0.29, 0.717) is 5.75 Å². The summed E-state index contributed by atoms with van der Waals surface area (Å²) in [6.45, 7) is 3.85. The number of allylic oxidation sites excluding steroid dienone is 1. The monoisotopic (exact) mass is 226 g/mol. The number of hydrogen-bond acceptors (Lipinski definition) is 3. The number of aromatic nitrogens is 1. The van der Waals surface area contributed by atoms with Crippen LogP contribution in [0.25, 0.3) is 10.9 Å². The number of nitrogens with one attached hydrogen (secondary N) is 1. The van der Waals surface area contributed by atoms with E-state index in [1.165, 1.54) is 0 Å². The van der Waals surface area contributed by atoms with Crippen molar-refractivity contribution in [3.8, 4) is 5.75 Å². The number of aryl methyl sites for hydroxylation is 1. The second kappa shape index (κ2) is 4.78. The highest BCUT2D eigenvalue weighted by Crippen LogP contribution is 2.25. The third kappa shape index (κ3) is 2.50. The third-order valence-corrected chi connectivity index (χ3v) is 2.35. The fourth-order valence-electron chi connectivity index (χ4n) is 1.68. The number of rotatable bonds is 2. The Morgan fingerprint density at radius 1 is 1.41 bits per heavy atom. The lowest BCUT2D eigenvalue weighted by atomic mass is 10.1. The van der Waals surface area contributed by atoms with Crippen LogP contribution < -0.4 is 4.74 Å². The van der Waals surface area contributed by atoms with E-state index in [9.17, 15) is 0 Å². The molecule has 0 radical (unpaired) electrons. The Labute approximate surface area is 100 Å². The second-order valence-electron chi connectivity index (χ2n) is 3.80. The SMILES string of the molecule is C/C=C\C(=N)Oc1cc(C)cc2cccnc12. The molecule has 2 rings (SSSR count). The lowest BCUT2D eigenvalue weighted by Crippen LogP contribution is -2.03. The quantitative estimate of drug-likeness (QED) is 0.629. The molecule has 0 amide bonds. The first kappa shape index (κ1) is 11.3. The number of ether oxygens (including phenoxy) is 1. The van der Waals surface area contributed by atoms with E-state index in [1.807, 2.05) is 32.0 Å². The van der Waals surface area contributed by atoms with Crippen molar-refractivity contribution in [2.45, 2.75) is 13.8 Å². The highest BCUT2D eigenvalue weighted by molar-refractivity contribution is 5.91. The van der Waals surface area contributed by atoms with Crippen molar-refractivity contribution in [3.63, 3.8) is 0 Å². The van der Waals surface area contributed by atoms with Crippen molar-refractivity contribution in [2.75, 3.05) is 0 Å². The van der Waals surface area contributed by atoms with Crippen molar-refractivity contribution in [1.82, 2.24) is 4.98 Å². The van der Waals surface area contributed by atoms with Gasteiger partial charge in [0.1, 0.15) is 5.52 Å². The Balaban J connectivity index is 2.49. The molecule has 0 aliphatic rings. The average Bonchev–Trinajstić information content (AvgIpc) is 2.29. The highest BCUT2D eigenvalue weighted by Gasteiger charge is 2.06. The summed E-state index contributed by atoms with van der Waals surface area (Å²) in [5.74, 6) is 0.744. The zero-order valence-corrected chi connectivity index (χ0v) is 9.90. The van der Waals surface area contributed by atoms with Gasteiger partial charge < -0.3 is 4.74 Å². The molecule has 0 atom stereocenters. The summed E-state index contributed by atoms with van der Waals surface area (Å²) in [4.78, 5) is 4.29. The third-order valence-electron chi connectivity index (χ3n) is 2.35. The summed E-state index contributed by atoms with van der Waals surface area (Å²) in [6.07, 6.45) is 5.11. The largest absolute Gasteiger partial charge is 0.437 e. The summed E-state index contributed by atoms with van der Waals surface area (Å²) in [6, 6.07) is 7.83. The highest BCUT2D eigenvalue weighted by atomic mass is 16.5. The summed E-state index contributed by atoms with van der Waals surface area (Å²) < 4.78 is 5.48. The minimum Gasteiger partial charge on any atom is -0.437 e. The lowest BCUT2D eigenvalue weighted by Gasteiger charge is -2.08. The van der Waals surface area contributed by atoms with Gasteiger partial charge in [0.25, 0.3) is 0 Å². The lowest BCUT2D eigenvalue weighted by molar-refractivity contribution is 0.555. The zero-order valence-electron chi connectivity index (χ0n) is 9.90. The van der Waals surface area contributed by atoms with Crippen molar-refractivity contribution in [2.24, 2.45) is 0 Å². The zero-order chi connectivity index (χ0) is 12.3. The van der Waals surface area contributed by atoms with Crippen LogP contribution in [-0.2, 0) is 0 Å². The molecule has 86 valence electrons. The molecule has 0 saturated heterocycles. The standard InChI is InChI=1S/C14H14N2O/c1-3-5-13(15)17-12-9-10(2)8-11-6-4-7-16-14(11)12/h3-9,15H,1-2H3/b5-3-,15-13?. The van der Waals surface area contributed by atoms with E-state index in [2.05, 4.69) is 11.1 Å². The molecule has 0 saturated carbocycles. The first-order valence-electron chi connectivity index (χ1n) is 5.45. The van der Waals surface area contributed by atoms with Gasteiger partial charge in [-0.15, -0.1) is 0 Å². The number of fused-ring (bicyclic) bond motifs is 1. The molecule has 3 nitrogen and oxygen atoms in total. The maximum Gasteiger partial charge on any atom is 0.211 e. The minimum absolute atomic E-state index is 0.116. The van der Waals surface area contributed by atoms with Crippen LogP contribution in [0.4, 0.5) is 0 Å². The molecule has 0 unspecified atom stereocenters. The molecule has 0 bridgehead atoms. The number of hydrogen-bond donors (Lipinski definition) is 1. The number of nitrogens with zero attached hydrogens (tertiary/aromatic N) is 1. The van der Waals surface area contributed by atoms with Gasteiger partial charge in [-0.25, -0.2) is 0 Å². The minimum atomic E-state index is 0.116.